The molecule has 4 heterocycles. The highest BCUT2D eigenvalue weighted by Crippen LogP contribution is 2.21. The molecule has 7 heteroatoms. The number of hydrogen-bond donors (Lipinski definition) is 1. The van der Waals surface area contributed by atoms with Gasteiger partial charge in [0.05, 0.1) is 17.0 Å². The summed E-state index contributed by atoms with van der Waals surface area (Å²) < 4.78 is 13.4. The molecule has 154 valence electrons. The van der Waals surface area contributed by atoms with Crippen LogP contribution in [0.2, 0.25) is 0 Å². The second kappa shape index (κ2) is 8.20. The Bertz CT molecular complexity index is 1270. The van der Waals surface area contributed by atoms with Crippen LogP contribution in [-0.2, 0) is 19.5 Å². The van der Waals surface area contributed by atoms with Gasteiger partial charge in [-0.2, -0.15) is 0 Å². The summed E-state index contributed by atoms with van der Waals surface area (Å²) in [7, 11) is 0. The van der Waals surface area contributed by atoms with Gasteiger partial charge in [0, 0.05) is 55.8 Å². The van der Waals surface area contributed by atoms with Gasteiger partial charge in [-0.05, 0) is 35.9 Å². The highest BCUT2D eigenvalue weighted by Gasteiger charge is 2.21. The number of H-pyrrole nitrogens is 1. The maximum atomic E-state index is 13.4. The molecule has 6 nitrogen and oxygen atoms in total. The SMILES string of the molecule is O=c1[nH]c(-c2cccnc2)nc2c1CN(Cc1ccc(-c3cccc(F)c3)nc1)CC2. The predicted molar refractivity (Wildman–Crippen MR) is 116 cm³/mol. The zero-order chi connectivity index (χ0) is 21.2. The van der Waals surface area contributed by atoms with E-state index in [-0.39, 0.29) is 11.4 Å². The molecular formula is C24H20FN5O. The van der Waals surface area contributed by atoms with Crippen molar-refractivity contribution in [3.63, 3.8) is 0 Å². The molecule has 0 saturated heterocycles. The predicted octanol–water partition coefficient (Wildman–Crippen LogP) is 3.59. The van der Waals surface area contributed by atoms with Gasteiger partial charge in [0.1, 0.15) is 11.6 Å². The van der Waals surface area contributed by atoms with E-state index in [1.165, 1.54) is 12.1 Å². The number of halogens is 1. The first-order valence-electron chi connectivity index (χ1n) is 10.1. The number of benzene rings is 1. The third kappa shape index (κ3) is 4.13. The molecule has 1 aliphatic rings. The molecule has 3 aromatic heterocycles. The zero-order valence-electron chi connectivity index (χ0n) is 16.8. The third-order valence-corrected chi connectivity index (χ3v) is 5.43. The fraction of sp³-hybridized carbons (Fsp3) is 0.167. The van der Waals surface area contributed by atoms with Crippen molar-refractivity contribution >= 4 is 0 Å². The Labute approximate surface area is 178 Å². The average molecular weight is 413 g/mol. The lowest BCUT2D eigenvalue weighted by Crippen LogP contribution is -2.35. The first-order chi connectivity index (χ1) is 15.2. The smallest absolute Gasteiger partial charge is 0.255 e. The van der Waals surface area contributed by atoms with E-state index in [4.69, 9.17) is 0 Å². The van der Waals surface area contributed by atoms with Crippen molar-refractivity contribution in [1.82, 2.24) is 24.8 Å². The van der Waals surface area contributed by atoms with Gasteiger partial charge in [-0.1, -0.05) is 18.2 Å². The summed E-state index contributed by atoms with van der Waals surface area (Å²) in [6.07, 6.45) is 5.91. The van der Waals surface area contributed by atoms with Crippen molar-refractivity contribution in [2.75, 3.05) is 6.54 Å². The van der Waals surface area contributed by atoms with Gasteiger partial charge in [-0.3, -0.25) is 19.7 Å². The van der Waals surface area contributed by atoms with Crippen LogP contribution in [0.4, 0.5) is 4.39 Å². The van der Waals surface area contributed by atoms with Crippen LogP contribution in [0.1, 0.15) is 16.8 Å². The third-order valence-electron chi connectivity index (χ3n) is 5.43. The van der Waals surface area contributed by atoms with E-state index in [0.717, 1.165) is 34.6 Å². The van der Waals surface area contributed by atoms with Crippen molar-refractivity contribution in [3.8, 4) is 22.6 Å². The Morgan fingerprint density at radius 3 is 2.74 bits per heavy atom. The minimum absolute atomic E-state index is 0.104. The quantitative estimate of drug-likeness (QED) is 0.553. The second-order valence-corrected chi connectivity index (χ2v) is 7.60. The van der Waals surface area contributed by atoms with Gasteiger partial charge in [0.2, 0.25) is 0 Å². The molecule has 1 aromatic carbocycles. The Hall–Kier alpha value is -3.71. The van der Waals surface area contributed by atoms with Crippen molar-refractivity contribution < 1.29 is 4.39 Å². The van der Waals surface area contributed by atoms with Crippen LogP contribution in [0.15, 0.2) is 71.9 Å². The van der Waals surface area contributed by atoms with Crippen molar-refractivity contribution in [2.24, 2.45) is 0 Å². The average Bonchev–Trinajstić information content (AvgIpc) is 2.80. The summed E-state index contributed by atoms with van der Waals surface area (Å²) in [4.78, 5) is 31.1. The van der Waals surface area contributed by atoms with Crippen LogP contribution >= 0.6 is 0 Å². The molecule has 0 aliphatic carbocycles. The molecule has 4 aromatic rings. The van der Waals surface area contributed by atoms with Crippen LogP contribution in [-0.4, -0.2) is 31.4 Å². The van der Waals surface area contributed by atoms with E-state index in [1.807, 2.05) is 36.5 Å². The number of aromatic nitrogens is 4. The minimum atomic E-state index is -0.277. The molecule has 31 heavy (non-hydrogen) atoms. The lowest BCUT2D eigenvalue weighted by Gasteiger charge is -2.27. The van der Waals surface area contributed by atoms with Crippen LogP contribution < -0.4 is 5.56 Å². The van der Waals surface area contributed by atoms with E-state index < -0.39 is 0 Å². The normalized spacial score (nSPS) is 13.7. The van der Waals surface area contributed by atoms with Crippen LogP contribution in [0.25, 0.3) is 22.6 Å². The summed E-state index contributed by atoms with van der Waals surface area (Å²) in [5.74, 6) is 0.281. The minimum Gasteiger partial charge on any atom is -0.306 e. The van der Waals surface area contributed by atoms with Crippen molar-refractivity contribution in [1.29, 1.82) is 0 Å². The Morgan fingerprint density at radius 1 is 1.06 bits per heavy atom. The van der Waals surface area contributed by atoms with E-state index in [1.54, 1.807) is 18.5 Å². The molecular weight excluding hydrogens is 393 g/mol. The standard InChI is InChI=1S/C24H20FN5O/c25-19-5-1-3-17(11-19)21-7-6-16(12-27-21)14-30-10-8-22-20(15-30)24(31)29-23(28-22)18-4-2-9-26-13-18/h1-7,9,11-13H,8,10,14-15H2,(H,28,29,31). The Morgan fingerprint density at radius 2 is 1.97 bits per heavy atom. The van der Waals surface area contributed by atoms with Crippen molar-refractivity contribution in [2.45, 2.75) is 19.5 Å². The first kappa shape index (κ1) is 19.3. The second-order valence-electron chi connectivity index (χ2n) is 7.60. The Balaban J connectivity index is 1.31. The van der Waals surface area contributed by atoms with E-state index >= 15 is 0 Å². The van der Waals surface area contributed by atoms with Gasteiger partial charge < -0.3 is 4.98 Å². The number of fused-ring (bicyclic) bond motifs is 1. The molecule has 0 amide bonds. The molecule has 0 bridgehead atoms. The molecule has 0 atom stereocenters. The highest BCUT2D eigenvalue weighted by molar-refractivity contribution is 5.59. The fourth-order valence-corrected chi connectivity index (χ4v) is 3.85. The molecule has 1 aliphatic heterocycles. The summed E-state index contributed by atoms with van der Waals surface area (Å²) in [6, 6.07) is 14.0. The van der Waals surface area contributed by atoms with Gasteiger partial charge in [0.15, 0.2) is 0 Å². The van der Waals surface area contributed by atoms with Gasteiger partial charge in [0.25, 0.3) is 5.56 Å². The summed E-state index contributed by atoms with van der Waals surface area (Å²) in [5.41, 5.74) is 4.78. The summed E-state index contributed by atoms with van der Waals surface area (Å²) in [6.45, 7) is 2.03. The maximum Gasteiger partial charge on any atom is 0.255 e. The van der Waals surface area contributed by atoms with E-state index in [9.17, 15) is 9.18 Å². The first-order valence-corrected chi connectivity index (χ1v) is 10.1. The molecule has 0 radical (unpaired) electrons. The number of nitrogens with one attached hydrogen (secondary N) is 1. The van der Waals surface area contributed by atoms with E-state index in [0.29, 0.717) is 30.9 Å². The summed E-state index contributed by atoms with van der Waals surface area (Å²) in [5, 5.41) is 0. The van der Waals surface area contributed by atoms with Gasteiger partial charge in [-0.15, -0.1) is 0 Å². The molecule has 1 N–H and O–H groups in total. The molecule has 0 saturated carbocycles. The molecule has 0 spiro atoms. The molecule has 0 unspecified atom stereocenters. The monoisotopic (exact) mass is 413 g/mol. The van der Waals surface area contributed by atoms with E-state index in [2.05, 4.69) is 24.8 Å². The Kier molecular flexibility index (Phi) is 5.09. The fourth-order valence-electron chi connectivity index (χ4n) is 3.85. The van der Waals surface area contributed by atoms with Crippen LogP contribution in [0.3, 0.4) is 0 Å². The number of aromatic amines is 1. The number of pyridine rings is 2. The van der Waals surface area contributed by atoms with Crippen molar-refractivity contribution in [3.05, 3.63) is 100 Å². The number of nitrogens with zero attached hydrogens (tertiary/aromatic N) is 4. The number of rotatable bonds is 4. The summed E-state index contributed by atoms with van der Waals surface area (Å²) >= 11 is 0. The number of hydrogen-bond acceptors (Lipinski definition) is 5. The lowest BCUT2D eigenvalue weighted by molar-refractivity contribution is 0.241. The highest BCUT2D eigenvalue weighted by atomic mass is 19.1. The molecule has 5 rings (SSSR count). The lowest BCUT2D eigenvalue weighted by atomic mass is 10.1. The topological polar surface area (TPSA) is 74.8 Å². The van der Waals surface area contributed by atoms with Gasteiger partial charge >= 0.3 is 0 Å². The van der Waals surface area contributed by atoms with Gasteiger partial charge in [-0.25, -0.2) is 9.37 Å². The zero-order valence-corrected chi connectivity index (χ0v) is 16.8. The van der Waals surface area contributed by atoms with Crippen LogP contribution in [0, 0.1) is 5.82 Å². The maximum absolute atomic E-state index is 13.4. The molecule has 0 fully saturated rings. The van der Waals surface area contributed by atoms with Crippen LogP contribution in [0.5, 0.6) is 0 Å². The largest absolute Gasteiger partial charge is 0.306 e.